The molecule has 0 saturated carbocycles. The number of para-hydroxylation sites is 1. The fourth-order valence-corrected chi connectivity index (χ4v) is 1.94. The van der Waals surface area contributed by atoms with E-state index in [4.69, 9.17) is 4.74 Å². The molecule has 0 atom stereocenters. The molecule has 19 heavy (non-hydrogen) atoms. The number of methoxy groups -OCH3 is 1. The topological polar surface area (TPSA) is 59.7 Å². The SMILES string of the molecule is COc1ccn2nc(Cc3ccccc3O)nc2c1. The fraction of sp³-hybridized carbons (Fsp3) is 0.143. The second kappa shape index (κ2) is 4.61. The van der Waals surface area contributed by atoms with Crippen LogP contribution >= 0.6 is 0 Å². The number of benzene rings is 1. The highest BCUT2D eigenvalue weighted by molar-refractivity contribution is 5.44. The molecule has 0 aliphatic carbocycles. The van der Waals surface area contributed by atoms with Crippen LogP contribution < -0.4 is 4.74 Å². The number of nitrogens with zero attached hydrogens (tertiary/aromatic N) is 3. The van der Waals surface area contributed by atoms with Crippen LogP contribution in [0, 0.1) is 0 Å². The smallest absolute Gasteiger partial charge is 0.159 e. The predicted molar refractivity (Wildman–Crippen MR) is 70.5 cm³/mol. The number of hydrogen-bond donors (Lipinski definition) is 1. The van der Waals surface area contributed by atoms with Crippen molar-refractivity contribution in [3.8, 4) is 11.5 Å². The van der Waals surface area contributed by atoms with E-state index in [0.717, 1.165) is 17.0 Å². The van der Waals surface area contributed by atoms with Gasteiger partial charge in [-0.25, -0.2) is 9.50 Å². The summed E-state index contributed by atoms with van der Waals surface area (Å²) in [5, 5.41) is 14.1. The Kier molecular flexibility index (Phi) is 2.79. The zero-order valence-corrected chi connectivity index (χ0v) is 10.4. The molecule has 0 aliphatic heterocycles. The van der Waals surface area contributed by atoms with Gasteiger partial charge in [-0.15, -0.1) is 0 Å². The number of hydrogen-bond acceptors (Lipinski definition) is 4. The molecule has 2 aromatic heterocycles. The Bertz CT molecular complexity index is 722. The molecule has 5 nitrogen and oxygen atoms in total. The van der Waals surface area contributed by atoms with Gasteiger partial charge in [-0.05, 0) is 12.1 Å². The van der Waals surface area contributed by atoms with Gasteiger partial charge in [-0.1, -0.05) is 18.2 Å². The molecule has 0 radical (unpaired) electrons. The normalized spacial score (nSPS) is 10.8. The predicted octanol–water partition coefficient (Wildman–Crippen LogP) is 2.03. The van der Waals surface area contributed by atoms with Gasteiger partial charge < -0.3 is 9.84 Å². The van der Waals surface area contributed by atoms with Crippen LogP contribution in [0.25, 0.3) is 5.65 Å². The summed E-state index contributed by atoms with van der Waals surface area (Å²) in [4.78, 5) is 4.42. The first-order valence-electron chi connectivity index (χ1n) is 5.92. The summed E-state index contributed by atoms with van der Waals surface area (Å²) >= 11 is 0. The second-order valence-corrected chi connectivity index (χ2v) is 4.20. The Labute approximate surface area is 110 Å². The van der Waals surface area contributed by atoms with Crippen LogP contribution in [0.3, 0.4) is 0 Å². The van der Waals surface area contributed by atoms with Gasteiger partial charge in [0.25, 0.3) is 0 Å². The first kappa shape index (κ1) is 11.5. The zero-order chi connectivity index (χ0) is 13.2. The molecule has 0 unspecified atom stereocenters. The van der Waals surface area contributed by atoms with Crippen LogP contribution in [0.5, 0.6) is 11.5 Å². The largest absolute Gasteiger partial charge is 0.508 e. The minimum Gasteiger partial charge on any atom is -0.508 e. The lowest BCUT2D eigenvalue weighted by atomic mass is 10.1. The van der Waals surface area contributed by atoms with Crippen LogP contribution in [-0.2, 0) is 6.42 Å². The summed E-state index contributed by atoms with van der Waals surface area (Å²) < 4.78 is 6.84. The second-order valence-electron chi connectivity index (χ2n) is 4.20. The minimum atomic E-state index is 0.263. The van der Waals surface area contributed by atoms with Crippen LogP contribution in [0.2, 0.25) is 0 Å². The Hall–Kier alpha value is -2.56. The third-order valence-corrected chi connectivity index (χ3v) is 2.93. The number of aromatic hydroxyl groups is 1. The van der Waals surface area contributed by atoms with E-state index in [0.29, 0.717) is 12.2 Å². The summed E-state index contributed by atoms with van der Waals surface area (Å²) in [5.41, 5.74) is 1.54. The molecule has 1 aromatic carbocycles. The molecule has 0 bridgehead atoms. The van der Waals surface area contributed by atoms with Gasteiger partial charge in [0.1, 0.15) is 11.5 Å². The monoisotopic (exact) mass is 255 g/mol. The van der Waals surface area contributed by atoms with E-state index in [1.54, 1.807) is 30.0 Å². The maximum absolute atomic E-state index is 9.75. The molecule has 5 heteroatoms. The molecule has 1 N–H and O–H groups in total. The van der Waals surface area contributed by atoms with Crippen LogP contribution in [0.15, 0.2) is 42.6 Å². The first-order valence-corrected chi connectivity index (χ1v) is 5.92. The third kappa shape index (κ3) is 2.22. The van der Waals surface area contributed by atoms with E-state index in [9.17, 15) is 5.11 Å². The molecule has 0 amide bonds. The highest BCUT2D eigenvalue weighted by atomic mass is 16.5. The summed E-state index contributed by atoms with van der Waals surface area (Å²) in [7, 11) is 1.62. The fourth-order valence-electron chi connectivity index (χ4n) is 1.94. The minimum absolute atomic E-state index is 0.263. The standard InChI is InChI=1S/C14H13N3O2/c1-19-11-6-7-17-14(9-11)15-13(16-17)8-10-4-2-3-5-12(10)18/h2-7,9,18H,8H2,1H3. The number of pyridine rings is 1. The highest BCUT2D eigenvalue weighted by Gasteiger charge is 2.08. The van der Waals surface area contributed by atoms with Gasteiger partial charge in [0.15, 0.2) is 11.5 Å². The van der Waals surface area contributed by atoms with Crippen LogP contribution in [0.1, 0.15) is 11.4 Å². The number of phenolic OH excluding ortho intramolecular Hbond substituents is 1. The van der Waals surface area contributed by atoms with E-state index >= 15 is 0 Å². The van der Waals surface area contributed by atoms with E-state index < -0.39 is 0 Å². The van der Waals surface area contributed by atoms with E-state index in [1.165, 1.54) is 0 Å². The number of fused-ring (bicyclic) bond motifs is 1. The van der Waals surface area contributed by atoms with Crippen molar-refractivity contribution < 1.29 is 9.84 Å². The van der Waals surface area contributed by atoms with Crippen LogP contribution in [0.4, 0.5) is 0 Å². The molecule has 0 aliphatic rings. The number of phenols is 1. The number of aromatic nitrogens is 3. The van der Waals surface area contributed by atoms with Crippen molar-refractivity contribution in [1.29, 1.82) is 0 Å². The van der Waals surface area contributed by atoms with Crippen molar-refractivity contribution in [2.75, 3.05) is 7.11 Å². The van der Waals surface area contributed by atoms with E-state index in [1.807, 2.05) is 24.3 Å². The molecule has 0 fully saturated rings. The summed E-state index contributed by atoms with van der Waals surface area (Å²) in [6, 6.07) is 10.8. The van der Waals surface area contributed by atoms with Gasteiger partial charge in [0, 0.05) is 24.2 Å². The van der Waals surface area contributed by atoms with Gasteiger partial charge >= 0.3 is 0 Å². The van der Waals surface area contributed by atoms with Crippen LogP contribution in [-0.4, -0.2) is 26.8 Å². The van der Waals surface area contributed by atoms with Crippen molar-refractivity contribution in [1.82, 2.24) is 14.6 Å². The third-order valence-electron chi connectivity index (χ3n) is 2.93. The molecular formula is C14H13N3O2. The van der Waals surface area contributed by atoms with Crippen molar-refractivity contribution in [3.05, 3.63) is 54.0 Å². The number of ether oxygens (including phenoxy) is 1. The average molecular weight is 255 g/mol. The first-order chi connectivity index (χ1) is 9.26. The Morgan fingerprint density at radius 1 is 1.26 bits per heavy atom. The lowest BCUT2D eigenvalue weighted by Gasteiger charge is -1.99. The molecule has 0 saturated heterocycles. The lowest BCUT2D eigenvalue weighted by molar-refractivity contribution is 0.414. The summed E-state index contributed by atoms with van der Waals surface area (Å²) in [6.07, 6.45) is 2.30. The van der Waals surface area contributed by atoms with Gasteiger partial charge in [-0.3, -0.25) is 0 Å². The van der Waals surface area contributed by atoms with Crippen molar-refractivity contribution in [2.45, 2.75) is 6.42 Å². The Morgan fingerprint density at radius 3 is 2.89 bits per heavy atom. The van der Waals surface area contributed by atoms with E-state index in [-0.39, 0.29) is 5.75 Å². The molecule has 96 valence electrons. The van der Waals surface area contributed by atoms with Crippen molar-refractivity contribution in [2.24, 2.45) is 0 Å². The van der Waals surface area contributed by atoms with Gasteiger partial charge in [0.05, 0.1) is 7.11 Å². The highest BCUT2D eigenvalue weighted by Crippen LogP contribution is 2.19. The van der Waals surface area contributed by atoms with Crippen molar-refractivity contribution in [3.63, 3.8) is 0 Å². The zero-order valence-electron chi connectivity index (χ0n) is 10.4. The number of rotatable bonds is 3. The molecule has 3 aromatic rings. The maximum Gasteiger partial charge on any atom is 0.159 e. The molecule has 0 spiro atoms. The van der Waals surface area contributed by atoms with E-state index in [2.05, 4.69) is 10.1 Å². The molecule has 2 heterocycles. The maximum atomic E-state index is 9.75. The Balaban J connectivity index is 1.95. The van der Waals surface area contributed by atoms with Crippen molar-refractivity contribution >= 4 is 5.65 Å². The Morgan fingerprint density at radius 2 is 2.11 bits per heavy atom. The molecular weight excluding hydrogens is 242 g/mol. The lowest BCUT2D eigenvalue weighted by Crippen LogP contribution is -1.92. The molecule has 3 rings (SSSR count). The summed E-state index contributed by atoms with van der Waals surface area (Å²) in [6.45, 7) is 0. The summed E-state index contributed by atoms with van der Waals surface area (Å²) in [5.74, 6) is 1.67. The quantitative estimate of drug-likeness (QED) is 0.778. The average Bonchev–Trinajstić information content (AvgIpc) is 2.82. The van der Waals surface area contributed by atoms with Gasteiger partial charge in [-0.2, -0.15) is 5.10 Å². The van der Waals surface area contributed by atoms with Gasteiger partial charge in [0.2, 0.25) is 0 Å².